The molecule has 4 rings (SSSR count). The largest absolute Gasteiger partial charge is 0.497 e. The molecule has 1 N–H and O–H groups in total. The molecule has 0 aromatic heterocycles. The Balaban J connectivity index is 1.70. The second-order valence-corrected chi connectivity index (χ2v) is 10.6. The van der Waals surface area contributed by atoms with Gasteiger partial charge in [-0.1, -0.05) is 12.8 Å². The first-order valence-corrected chi connectivity index (χ1v) is 13.4. The maximum absolute atomic E-state index is 13.3. The normalized spacial score (nSPS) is 17.5. The minimum Gasteiger partial charge on any atom is -0.497 e. The molecule has 2 heterocycles. The molecule has 0 saturated carbocycles. The summed E-state index contributed by atoms with van der Waals surface area (Å²) in [6.07, 6.45) is 4.42. The molecule has 0 bridgehead atoms. The van der Waals surface area contributed by atoms with Crippen LogP contribution in [0.1, 0.15) is 36.0 Å². The third-order valence-electron chi connectivity index (χ3n) is 6.38. The molecule has 0 aliphatic carbocycles. The zero-order chi connectivity index (χ0) is 24.8. The van der Waals surface area contributed by atoms with Crippen LogP contribution in [-0.4, -0.2) is 72.2 Å². The Labute approximate surface area is 207 Å². The lowest BCUT2D eigenvalue weighted by atomic mass is 10.1. The molecule has 2 aliphatic rings. The van der Waals surface area contributed by atoms with Crippen molar-refractivity contribution >= 4 is 27.3 Å². The first kappa shape index (κ1) is 25.3. The monoisotopic (exact) mass is 503 g/mol. The molecule has 2 aromatic rings. The summed E-state index contributed by atoms with van der Waals surface area (Å²) in [7, 11) is -0.674. The summed E-state index contributed by atoms with van der Waals surface area (Å²) in [6, 6.07) is 9.94. The van der Waals surface area contributed by atoms with Gasteiger partial charge in [0.1, 0.15) is 11.5 Å². The van der Waals surface area contributed by atoms with Crippen molar-refractivity contribution in [2.24, 2.45) is 0 Å². The predicted molar refractivity (Wildman–Crippen MR) is 134 cm³/mol. The molecule has 10 heteroatoms. The van der Waals surface area contributed by atoms with Gasteiger partial charge in [0.25, 0.3) is 5.91 Å². The molecular weight excluding hydrogens is 470 g/mol. The summed E-state index contributed by atoms with van der Waals surface area (Å²) in [5.41, 5.74) is 1.63. The number of carbonyl (C=O) groups excluding carboxylic acids is 1. The smallest absolute Gasteiger partial charge is 0.255 e. The van der Waals surface area contributed by atoms with Crippen LogP contribution >= 0.6 is 0 Å². The highest BCUT2D eigenvalue weighted by Crippen LogP contribution is 2.33. The van der Waals surface area contributed by atoms with Crippen molar-refractivity contribution in [3.8, 4) is 11.5 Å². The first-order valence-electron chi connectivity index (χ1n) is 11.9. The zero-order valence-corrected chi connectivity index (χ0v) is 21.1. The number of hydrogen-bond acceptors (Lipinski definition) is 7. The lowest BCUT2D eigenvalue weighted by Gasteiger charge is -2.28. The van der Waals surface area contributed by atoms with Gasteiger partial charge >= 0.3 is 0 Å². The number of morpholine rings is 1. The lowest BCUT2D eigenvalue weighted by molar-refractivity contribution is 0.0730. The maximum Gasteiger partial charge on any atom is 0.255 e. The van der Waals surface area contributed by atoms with Gasteiger partial charge in [0, 0.05) is 37.8 Å². The summed E-state index contributed by atoms with van der Waals surface area (Å²) in [5, 5.41) is 2.96. The van der Waals surface area contributed by atoms with E-state index in [1.165, 1.54) is 18.5 Å². The van der Waals surface area contributed by atoms with E-state index in [0.717, 1.165) is 44.5 Å². The Morgan fingerprint density at radius 3 is 2.11 bits per heavy atom. The average molecular weight is 504 g/mol. The van der Waals surface area contributed by atoms with E-state index in [1.54, 1.807) is 36.4 Å². The van der Waals surface area contributed by atoms with Crippen molar-refractivity contribution in [1.82, 2.24) is 4.31 Å². The molecular formula is C25H33N3O6S. The average Bonchev–Trinajstić information content (AvgIpc) is 3.18. The number of carbonyl (C=O) groups is 1. The van der Waals surface area contributed by atoms with Crippen LogP contribution in [0.15, 0.2) is 41.3 Å². The summed E-state index contributed by atoms with van der Waals surface area (Å²) >= 11 is 0. The van der Waals surface area contributed by atoms with Crippen molar-refractivity contribution in [3.63, 3.8) is 0 Å². The maximum atomic E-state index is 13.3. The number of ether oxygens (including phenoxy) is 3. The van der Waals surface area contributed by atoms with Crippen molar-refractivity contribution in [2.45, 2.75) is 30.6 Å². The van der Waals surface area contributed by atoms with Gasteiger partial charge in [-0.15, -0.1) is 0 Å². The molecule has 0 atom stereocenters. The number of anilines is 2. The molecule has 2 aliphatic heterocycles. The minimum atomic E-state index is -3.72. The van der Waals surface area contributed by atoms with E-state index in [9.17, 15) is 13.2 Å². The summed E-state index contributed by atoms with van der Waals surface area (Å²) in [6.45, 7) is 3.05. The SMILES string of the molecule is COc1cc(OC)cc(C(=O)Nc2cc(S(=O)(=O)N3CCOCC3)ccc2N2CCCCCC2)c1. The Morgan fingerprint density at radius 1 is 0.886 bits per heavy atom. The molecule has 35 heavy (non-hydrogen) atoms. The van der Waals surface area contributed by atoms with E-state index in [0.29, 0.717) is 49.1 Å². The van der Waals surface area contributed by atoms with Gasteiger partial charge in [-0.2, -0.15) is 4.31 Å². The van der Waals surface area contributed by atoms with Crippen molar-refractivity contribution in [1.29, 1.82) is 0 Å². The summed E-state index contributed by atoms with van der Waals surface area (Å²) in [5.74, 6) is 0.607. The highest BCUT2D eigenvalue weighted by molar-refractivity contribution is 7.89. The van der Waals surface area contributed by atoms with E-state index in [4.69, 9.17) is 14.2 Å². The quantitative estimate of drug-likeness (QED) is 0.619. The Morgan fingerprint density at radius 2 is 1.51 bits per heavy atom. The number of nitrogens with one attached hydrogen (secondary N) is 1. The molecule has 1 amide bonds. The van der Waals surface area contributed by atoms with Crippen LogP contribution in [0.2, 0.25) is 0 Å². The van der Waals surface area contributed by atoms with Crippen molar-refractivity contribution < 1.29 is 27.4 Å². The van der Waals surface area contributed by atoms with Crippen LogP contribution in [-0.2, 0) is 14.8 Å². The van der Waals surface area contributed by atoms with E-state index >= 15 is 0 Å². The zero-order valence-electron chi connectivity index (χ0n) is 20.3. The lowest BCUT2D eigenvalue weighted by Crippen LogP contribution is -2.40. The van der Waals surface area contributed by atoms with Crippen LogP contribution in [0.4, 0.5) is 11.4 Å². The molecule has 0 unspecified atom stereocenters. The molecule has 0 radical (unpaired) electrons. The van der Waals surface area contributed by atoms with Crippen LogP contribution < -0.4 is 19.7 Å². The second-order valence-electron chi connectivity index (χ2n) is 8.65. The van der Waals surface area contributed by atoms with E-state index in [-0.39, 0.29) is 10.8 Å². The molecule has 190 valence electrons. The number of amides is 1. The number of hydrogen-bond donors (Lipinski definition) is 1. The van der Waals surface area contributed by atoms with Crippen LogP contribution in [0.5, 0.6) is 11.5 Å². The molecule has 2 aromatic carbocycles. The van der Waals surface area contributed by atoms with Crippen LogP contribution in [0.3, 0.4) is 0 Å². The Hall–Kier alpha value is -2.82. The molecule has 2 saturated heterocycles. The third-order valence-corrected chi connectivity index (χ3v) is 8.28. The van der Waals surface area contributed by atoms with Gasteiger partial charge in [-0.3, -0.25) is 4.79 Å². The molecule has 0 spiro atoms. The summed E-state index contributed by atoms with van der Waals surface area (Å²) < 4.78 is 44.0. The van der Waals surface area contributed by atoms with E-state index in [2.05, 4.69) is 10.2 Å². The Bertz CT molecular complexity index is 1120. The van der Waals surface area contributed by atoms with Crippen molar-refractivity contribution in [2.75, 3.05) is 63.8 Å². The topological polar surface area (TPSA) is 97.4 Å². The van der Waals surface area contributed by atoms with Gasteiger partial charge in [-0.05, 0) is 43.2 Å². The number of nitrogens with zero attached hydrogens (tertiary/aromatic N) is 2. The van der Waals surface area contributed by atoms with Crippen molar-refractivity contribution in [3.05, 3.63) is 42.0 Å². The minimum absolute atomic E-state index is 0.150. The van der Waals surface area contributed by atoms with Gasteiger partial charge in [0.15, 0.2) is 0 Å². The standard InChI is InChI=1S/C25H33N3O6S/c1-32-20-15-19(16-21(17-20)33-2)25(29)26-23-18-22(35(30,31)28-11-13-34-14-12-28)7-8-24(23)27-9-5-3-4-6-10-27/h7-8,15-18H,3-6,9-14H2,1-2H3,(H,26,29). The first-order chi connectivity index (χ1) is 16.9. The number of sulfonamides is 1. The third kappa shape index (κ3) is 5.88. The fourth-order valence-corrected chi connectivity index (χ4v) is 5.87. The van der Waals surface area contributed by atoms with Gasteiger partial charge in [0.05, 0.1) is 43.7 Å². The fraction of sp³-hybridized carbons (Fsp3) is 0.480. The number of methoxy groups -OCH3 is 2. The van der Waals surface area contributed by atoms with Gasteiger partial charge in [-0.25, -0.2) is 8.42 Å². The highest BCUT2D eigenvalue weighted by atomic mass is 32.2. The van der Waals surface area contributed by atoms with Gasteiger partial charge in [0.2, 0.25) is 10.0 Å². The van der Waals surface area contributed by atoms with Crippen LogP contribution in [0, 0.1) is 0 Å². The number of benzene rings is 2. The summed E-state index contributed by atoms with van der Waals surface area (Å²) in [4.78, 5) is 15.7. The Kier molecular flexibility index (Phi) is 8.15. The second kappa shape index (κ2) is 11.3. The van der Waals surface area contributed by atoms with E-state index < -0.39 is 10.0 Å². The fourth-order valence-electron chi connectivity index (χ4n) is 4.43. The molecule has 9 nitrogen and oxygen atoms in total. The van der Waals surface area contributed by atoms with Crippen LogP contribution in [0.25, 0.3) is 0 Å². The predicted octanol–water partition coefficient (Wildman–Crippen LogP) is 3.36. The van der Waals surface area contributed by atoms with E-state index in [1.807, 2.05) is 0 Å². The molecule has 2 fully saturated rings. The number of rotatable bonds is 7. The highest BCUT2D eigenvalue weighted by Gasteiger charge is 2.28. The van der Waals surface area contributed by atoms with Gasteiger partial charge < -0.3 is 24.4 Å².